The van der Waals surface area contributed by atoms with Gasteiger partial charge in [0.05, 0.1) is 18.8 Å². The molecule has 2 aromatic rings. The Morgan fingerprint density at radius 1 is 1.21 bits per heavy atom. The fraction of sp³-hybridized carbons (Fsp3) is 0.455. The number of nitrogens with zero attached hydrogens (tertiary/aromatic N) is 1. The number of amides is 1. The smallest absolute Gasteiger partial charge is 0.305 e. The van der Waals surface area contributed by atoms with Gasteiger partial charge in [-0.2, -0.15) is 0 Å². The van der Waals surface area contributed by atoms with E-state index in [2.05, 4.69) is 10.2 Å². The number of carbonyl (C=O) groups is 2. The Hall–Kier alpha value is -2.44. The number of esters is 1. The Kier molecular flexibility index (Phi) is 7.01. The van der Waals surface area contributed by atoms with Crippen molar-refractivity contribution < 1.29 is 19.4 Å². The first-order valence-electron chi connectivity index (χ1n) is 9.93. The summed E-state index contributed by atoms with van der Waals surface area (Å²) < 4.78 is 4.95. The van der Waals surface area contributed by atoms with Crippen LogP contribution >= 0.6 is 0 Å². The van der Waals surface area contributed by atoms with Crippen LogP contribution in [0.5, 0.6) is 0 Å². The van der Waals surface area contributed by atoms with Crippen LogP contribution < -0.4 is 5.32 Å². The molecule has 2 N–H and O–H groups in total. The van der Waals surface area contributed by atoms with Crippen LogP contribution in [-0.4, -0.2) is 60.3 Å². The molecule has 1 aliphatic rings. The van der Waals surface area contributed by atoms with Crippen molar-refractivity contribution in [3.63, 3.8) is 0 Å². The van der Waals surface area contributed by atoms with Crippen LogP contribution in [0.4, 0.5) is 0 Å². The summed E-state index contributed by atoms with van der Waals surface area (Å²) in [6.45, 7) is 4.27. The van der Waals surface area contributed by atoms with Crippen molar-refractivity contribution in [3.05, 3.63) is 48.0 Å². The van der Waals surface area contributed by atoms with E-state index in [1.165, 1.54) is 0 Å². The largest absolute Gasteiger partial charge is 0.466 e. The summed E-state index contributed by atoms with van der Waals surface area (Å²) in [5.41, 5.74) is 0.615. The minimum atomic E-state index is -0.569. The lowest BCUT2D eigenvalue weighted by Gasteiger charge is -2.36. The number of aliphatic hydroxyl groups excluding tert-OH is 1. The van der Waals surface area contributed by atoms with Crippen LogP contribution in [0.15, 0.2) is 42.5 Å². The molecule has 6 heteroatoms. The molecule has 3 rings (SSSR count). The SMILES string of the molecule is CCOC(=O)CCCN1CC[C@H](O)[C@H](NC(=O)c2cccc3ccccc23)C1. The number of ether oxygens (including phenoxy) is 1. The zero-order valence-electron chi connectivity index (χ0n) is 16.3. The summed E-state index contributed by atoms with van der Waals surface area (Å²) in [5, 5.41) is 15.3. The topological polar surface area (TPSA) is 78.9 Å². The molecular formula is C22H28N2O4. The van der Waals surface area contributed by atoms with Crippen LogP contribution in [0.1, 0.15) is 36.5 Å². The van der Waals surface area contributed by atoms with Crippen LogP contribution in [0.3, 0.4) is 0 Å². The van der Waals surface area contributed by atoms with Gasteiger partial charge in [-0.15, -0.1) is 0 Å². The molecular weight excluding hydrogens is 356 g/mol. The second kappa shape index (κ2) is 9.66. The molecule has 1 aliphatic heterocycles. The van der Waals surface area contributed by atoms with E-state index in [1.54, 1.807) is 6.92 Å². The molecule has 0 aromatic heterocycles. The highest BCUT2D eigenvalue weighted by Crippen LogP contribution is 2.19. The number of fused-ring (bicyclic) bond motifs is 1. The third-order valence-electron chi connectivity index (χ3n) is 5.17. The van der Waals surface area contributed by atoms with Crippen molar-refractivity contribution in [2.75, 3.05) is 26.2 Å². The zero-order valence-corrected chi connectivity index (χ0v) is 16.3. The lowest BCUT2D eigenvalue weighted by Crippen LogP contribution is -2.55. The summed E-state index contributed by atoms with van der Waals surface area (Å²) in [4.78, 5) is 26.5. The number of aliphatic hydroxyl groups is 1. The Morgan fingerprint density at radius 2 is 2.00 bits per heavy atom. The van der Waals surface area contributed by atoms with Gasteiger partial charge in [-0.3, -0.25) is 9.59 Å². The Bertz CT molecular complexity index is 818. The Balaban J connectivity index is 1.59. The predicted octanol–water partition coefficient (Wildman–Crippen LogP) is 2.35. The van der Waals surface area contributed by atoms with E-state index in [9.17, 15) is 14.7 Å². The molecule has 28 heavy (non-hydrogen) atoms. The van der Waals surface area contributed by atoms with Gasteiger partial charge in [-0.05, 0) is 43.1 Å². The van der Waals surface area contributed by atoms with E-state index in [0.717, 1.165) is 23.9 Å². The van der Waals surface area contributed by atoms with Gasteiger partial charge in [0.1, 0.15) is 0 Å². The zero-order chi connectivity index (χ0) is 19.9. The summed E-state index contributed by atoms with van der Waals surface area (Å²) in [6.07, 6.45) is 1.12. The molecule has 0 radical (unpaired) electrons. The molecule has 2 aromatic carbocycles. The number of likely N-dealkylation sites (tertiary alicyclic amines) is 1. The number of rotatable bonds is 7. The number of benzene rings is 2. The van der Waals surface area contributed by atoms with Gasteiger partial charge in [0.2, 0.25) is 0 Å². The summed E-state index contributed by atoms with van der Waals surface area (Å²) in [5.74, 6) is -0.352. The second-order valence-electron chi connectivity index (χ2n) is 7.17. The number of carbonyl (C=O) groups excluding carboxylic acids is 2. The molecule has 0 aliphatic carbocycles. The highest BCUT2D eigenvalue weighted by molar-refractivity contribution is 6.07. The van der Waals surface area contributed by atoms with Crippen molar-refractivity contribution in [1.29, 1.82) is 0 Å². The predicted molar refractivity (Wildman–Crippen MR) is 108 cm³/mol. The van der Waals surface area contributed by atoms with Gasteiger partial charge in [0, 0.05) is 25.1 Å². The standard InChI is InChI=1S/C22H28N2O4/c1-2-28-21(26)11-6-13-24-14-12-20(25)19(15-24)23-22(27)18-10-5-8-16-7-3-4-9-17(16)18/h3-5,7-10,19-20,25H,2,6,11-15H2,1H3,(H,23,27)/t19-,20+/m1/s1. The van der Waals surface area contributed by atoms with Gasteiger partial charge >= 0.3 is 5.97 Å². The minimum absolute atomic E-state index is 0.172. The van der Waals surface area contributed by atoms with E-state index in [1.807, 2.05) is 42.5 Å². The number of hydrogen-bond acceptors (Lipinski definition) is 5. The highest BCUT2D eigenvalue weighted by Gasteiger charge is 2.29. The molecule has 1 amide bonds. The lowest BCUT2D eigenvalue weighted by molar-refractivity contribution is -0.143. The Labute approximate surface area is 165 Å². The van der Waals surface area contributed by atoms with Crippen LogP contribution in [0.2, 0.25) is 0 Å². The Morgan fingerprint density at radius 3 is 2.82 bits per heavy atom. The van der Waals surface area contributed by atoms with E-state index in [4.69, 9.17) is 4.74 Å². The molecule has 1 heterocycles. The molecule has 0 saturated carbocycles. The van der Waals surface area contributed by atoms with Crippen molar-refractivity contribution in [2.45, 2.75) is 38.3 Å². The summed E-state index contributed by atoms with van der Waals surface area (Å²) in [6, 6.07) is 13.1. The van der Waals surface area contributed by atoms with E-state index >= 15 is 0 Å². The molecule has 6 nitrogen and oxygen atoms in total. The first-order chi connectivity index (χ1) is 13.6. The normalized spacial score (nSPS) is 20.1. The number of hydrogen-bond donors (Lipinski definition) is 2. The average Bonchev–Trinajstić information content (AvgIpc) is 2.70. The van der Waals surface area contributed by atoms with Crippen molar-refractivity contribution in [3.8, 4) is 0 Å². The summed E-state index contributed by atoms with van der Waals surface area (Å²) >= 11 is 0. The fourth-order valence-corrected chi connectivity index (χ4v) is 3.70. The van der Waals surface area contributed by atoms with Crippen molar-refractivity contribution in [2.24, 2.45) is 0 Å². The van der Waals surface area contributed by atoms with Crippen LogP contribution in [0.25, 0.3) is 10.8 Å². The molecule has 1 fully saturated rings. The number of nitrogens with one attached hydrogen (secondary N) is 1. The van der Waals surface area contributed by atoms with Crippen LogP contribution in [0, 0.1) is 0 Å². The first kappa shape index (κ1) is 20.3. The van der Waals surface area contributed by atoms with Gasteiger partial charge in [0.15, 0.2) is 0 Å². The average molecular weight is 384 g/mol. The lowest BCUT2D eigenvalue weighted by atomic mass is 10.00. The van der Waals surface area contributed by atoms with Gasteiger partial charge in [-0.1, -0.05) is 36.4 Å². The van der Waals surface area contributed by atoms with Crippen molar-refractivity contribution >= 4 is 22.6 Å². The van der Waals surface area contributed by atoms with Crippen LogP contribution in [-0.2, 0) is 9.53 Å². The molecule has 0 spiro atoms. The monoisotopic (exact) mass is 384 g/mol. The number of piperidine rings is 1. The third-order valence-corrected chi connectivity index (χ3v) is 5.17. The van der Waals surface area contributed by atoms with Gasteiger partial charge < -0.3 is 20.1 Å². The van der Waals surface area contributed by atoms with Gasteiger partial charge in [0.25, 0.3) is 5.91 Å². The molecule has 150 valence electrons. The maximum absolute atomic E-state index is 12.9. The van der Waals surface area contributed by atoms with E-state index in [0.29, 0.717) is 38.0 Å². The molecule has 1 saturated heterocycles. The first-order valence-corrected chi connectivity index (χ1v) is 9.93. The van der Waals surface area contributed by atoms with Gasteiger partial charge in [-0.25, -0.2) is 0 Å². The molecule has 0 unspecified atom stereocenters. The highest BCUT2D eigenvalue weighted by atomic mass is 16.5. The summed E-state index contributed by atoms with van der Waals surface area (Å²) in [7, 11) is 0. The molecule has 0 bridgehead atoms. The second-order valence-corrected chi connectivity index (χ2v) is 7.17. The van der Waals surface area contributed by atoms with Crippen molar-refractivity contribution in [1.82, 2.24) is 10.2 Å². The minimum Gasteiger partial charge on any atom is -0.466 e. The third kappa shape index (κ3) is 5.09. The van der Waals surface area contributed by atoms with E-state index < -0.39 is 6.10 Å². The fourth-order valence-electron chi connectivity index (χ4n) is 3.70. The quantitative estimate of drug-likeness (QED) is 0.717. The maximum atomic E-state index is 12.9. The molecule has 2 atom stereocenters. The van der Waals surface area contributed by atoms with E-state index in [-0.39, 0.29) is 17.9 Å². The maximum Gasteiger partial charge on any atom is 0.305 e.